The molecule has 0 heterocycles. The summed E-state index contributed by atoms with van der Waals surface area (Å²) in [4.78, 5) is 20.4. The van der Waals surface area contributed by atoms with E-state index in [1.807, 2.05) is 0 Å². The van der Waals surface area contributed by atoms with E-state index in [4.69, 9.17) is 4.74 Å². The van der Waals surface area contributed by atoms with Gasteiger partial charge in [0.15, 0.2) is 0 Å². The molecule has 1 fully saturated rings. The molecule has 1 rings (SSSR count). The maximum atomic E-state index is 10.5. The molecule has 3 nitrogen and oxygen atoms in total. The molecule has 0 unspecified atom stereocenters. The minimum Gasteiger partial charge on any atom is -0.460 e. The molecule has 0 saturated heterocycles. The van der Waals surface area contributed by atoms with E-state index in [0.29, 0.717) is 12.5 Å². The van der Waals surface area contributed by atoms with Gasteiger partial charge in [0.1, 0.15) is 0 Å². The Morgan fingerprint density at radius 2 is 2.00 bits per heavy atom. The lowest BCUT2D eigenvalue weighted by Gasteiger charge is -2.20. The summed E-state index contributed by atoms with van der Waals surface area (Å²) in [6, 6.07) is 0. The molecule has 0 radical (unpaired) electrons. The van der Waals surface area contributed by atoms with Gasteiger partial charge in [-0.1, -0.05) is 19.3 Å². The summed E-state index contributed by atoms with van der Waals surface area (Å²) < 4.78 is 4.72. The molecule has 3 heteroatoms. The predicted octanol–water partition coefficient (Wildman–Crippen LogP) is 1.31. The summed E-state index contributed by atoms with van der Waals surface area (Å²) in [5.74, 6) is -0.247. The summed E-state index contributed by atoms with van der Waals surface area (Å²) >= 11 is 0. The smallest absolute Gasteiger partial charge is 0.371 e. The highest BCUT2D eigenvalue weighted by Crippen LogP contribution is 2.23. The van der Waals surface area contributed by atoms with E-state index in [2.05, 4.69) is 0 Å². The van der Waals surface area contributed by atoms with Crippen LogP contribution in [-0.2, 0) is 14.3 Å². The number of ether oxygens (including phenoxy) is 1. The van der Waals surface area contributed by atoms with Crippen molar-refractivity contribution in [3.63, 3.8) is 0 Å². The molecule has 0 atom stereocenters. The van der Waals surface area contributed by atoms with Gasteiger partial charge in [0, 0.05) is 0 Å². The molecule has 0 aromatic carbocycles. The lowest BCUT2D eigenvalue weighted by molar-refractivity contribution is -0.150. The van der Waals surface area contributed by atoms with Gasteiger partial charge in [0.05, 0.1) is 6.61 Å². The highest BCUT2D eigenvalue weighted by molar-refractivity contribution is 6.20. The minimum absolute atomic E-state index is 0.225. The molecule has 0 amide bonds. The van der Waals surface area contributed by atoms with E-state index in [9.17, 15) is 9.59 Å². The largest absolute Gasteiger partial charge is 0.460 e. The molecule has 0 aromatic heterocycles. The van der Waals surface area contributed by atoms with Crippen molar-refractivity contribution < 1.29 is 14.3 Å². The zero-order valence-corrected chi connectivity index (χ0v) is 7.12. The molecule has 1 aliphatic rings. The zero-order valence-electron chi connectivity index (χ0n) is 7.12. The maximum absolute atomic E-state index is 10.5. The van der Waals surface area contributed by atoms with Gasteiger partial charge in [0.25, 0.3) is 0 Å². The number of carbonyl (C=O) groups excluding carboxylic acids is 2. The van der Waals surface area contributed by atoms with Crippen LogP contribution < -0.4 is 0 Å². The fourth-order valence-electron chi connectivity index (χ4n) is 1.59. The topological polar surface area (TPSA) is 43.4 Å². The fourth-order valence-corrected chi connectivity index (χ4v) is 1.59. The molecule has 0 aliphatic heterocycles. The molecule has 0 bridgehead atoms. The third-order valence-corrected chi connectivity index (χ3v) is 2.28. The van der Waals surface area contributed by atoms with Gasteiger partial charge in [-0.2, -0.15) is 0 Å². The molecule has 12 heavy (non-hydrogen) atoms. The zero-order chi connectivity index (χ0) is 8.81. The molecule has 1 aliphatic carbocycles. The van der Waals surface area contributed by atoms with Crippen LogP contribution in [0.4, 0.5) is 0 Å². The van der Waals surface area contributed by atoms with E-state index in [1.165, 1.54) is 19.3 Å². The molecule has 0 spiro atoms. The molecular formula is C9H14O3. The number of carbonyl (C=O) groups is 2. The van der Waals surface area contributed by atoms with Crippen molar-refractivity contribution in [1.29, 1.82) is 0 Å². The van der Waals surface area contributed by atoms with Crippen LogP contribution in [0, 0.1) is 5.92 Å². The first-order valence-electron chi connectivity index (χ1n) is 4.45. The second-order valence-corrected chi connectivity index (χ2v) is 3.25. The van der Waals surface area contributed by atoms with Crippen molar-refractivity contribution in [3.8, 4) is 0 Å². The van der Waals surface area contributed by atoms with Crippen molar-refractivity contribution in [2.75, 3.05) is 6.61 Å². The molecule has 0 aromatic rings. The maximum Gasteiger partial charge on any atom is 0.371 e. The standard InChI is InChI=1S/C9H14O3/c10-6-9(11)12-7-8-4-2-1-3-5-8/h6,8H,1-5,7H2. The number of aldehydes is 1. The Morgan fingerprint density at radius 1 is 1.33 bits per heavy atom. The van der Waals surface area contributed by atoms with E-state index in [-0.39, 0.29) is 6.29 Å². The highest BCUT2D eigenvalue weighted by Gasteiger charge is 2.14. The van der Waals surface area contributed by atoms with Gasteiger partial charge in [-0.25, -0.2) is 4.79 Å². The summed E-state index contributed by atoms with van der Waals surface area (Å²) in [5.41, 5.74) is 0. The summed E-state index contributed by atoms with van der Waals surface area (Å²) in [5, 5.41) is 0. The Kier molecular flexibility index (Phi) is 3.77. The van der Waals surface area contributed by atoms with E-state index in [1.54, 1.807) is 0 Å². The Bertz CT molecular complexity index is 159. The van der Waals surface area contributed by atoms with Crippen molar-refractivity contribution in [2.24, 2.45) is 5.92 Å². The van der Waals surface area contributed by atoms with Crippen LogP contribution in [0.2, 0.25) is 0 Å². The van der Waals surface area contributed by atoms with Crippen LogP contribution in [0.5, 0.6) is 0 Å². The van der Waals surface area contributed by atoms with Gasteiger partial charge in [0.2, 0.25) is 6.29 Å². The van der Waals surface area contributed by atoms with E-state index >= 15 is 0 Å². The third kappa shape index (κ3) is 3.03. The van der Waals surface area contributed by atoms with Crippen LogP contribution in [0.1, 0.15) is 32.1 Å². The Morgan fingerprint density at radius 3 is 2.58 bits per heavy atom. The number of hydrogen-bond donors (Lipinski definition) is 0. The van der Waals surface area contributed by atoms with Crippen LogP contribution >= 0.6 is 0 Å². The van der Waals surface area contributed by atoms with Crippen LogP contribution in [0.3, 0.4) is 0 Å². The molecule has 1 saturated carbocycles. The Labute approximate surface area is 72.1 Å². The van der Waals surface area contributed by atoms with Gasteiger partial charge in [-0.05, 0) is 18.8 Å². The fraction of sp³-hybridized carbons (Fsp3) is 0.778. The van der Waals surface area contributed by atoms with Crippen molar-refractivity contribution in [1.82, 2.24) is 0 Å². The van der Waals surface area contributed by atoms with Gasteiger partial charge in [-0.3, -0.25) is 4.79 Å². The van der Waals surface area contributed by atoms with Crippen molar-refractivity contribution >= 4 is 12.3 Å². The first kappa shape index (κ1) is 9.23. The average Bonchev–Trinajstić information content (AvgIpc) is 2.16. The monoisotopic (exact) mass is 170 g/mol. The first-order valence-corrected chi connectivity index (χ1v) is 4.45. The summed E-state index contributed by atoms with van der Waals surface area (Å²) in [6.45, 7) is 0.428. The van der Waals surface area contributed by atoms with Gasteiger partial charge in [-0.15, -0.1) is 0 Å². The van der Waals surface area contributed by atoms with Crippen LogP contribution in [0.25, 0.3) is 0 Å². The second kappa shape index (κ2) is 4.91. The van der Waals surface area contributed by atoms with Crippen LogP contribution in [-0.4, -0.2) is 18.9 Å². The lowest BCUT2D eigenvalue weighted by atomic mass is 9.90. The first-order chi connectivity index (χ1) is 5.83. The van der Waals surface area contributed by atoms with Gasteiger partial charge >= 0.3 is 5.97 Å². The Balaban J connectivity index is 2.12. The Hall–Kier alpha value is -0.860. The lowest BCUT2D eigenvalue weighted by Crippen LogP contribution is -2.17. The number of rotatable bonds is 3. The number of esters is 1. The third-order valence-electron chi connectivity index (χ3n) is 2.28. The normalized spacial score (nSPS) is 18.7. The van der Waals surface area contributed by atoms with E-state index in [0.717, 1.165) is 12.8 Å². The van der Waals surface area contributed by atoms with Crippen molar-refractivity contribution in [3.05, 3.63) is 0 Å². The van der Waals surface area contributed by atoms with Crippen molar-refractivity contribution in [2.45, 2.75) is 32.1 Å². The van der Waals surface area contributed by atoms with Gasteiger partial charge < -0.3 is 4.74 Å². The number of hydrogen-bond acceptors (Lipinski definition) is 3. The molecule has 0 N–H and O–H groups in total. The minimum atomic E-state index is -0.736. The van der Waals surface area contributed by atoms with Crippen LogP contribution in [0.15, 0.2) is 0 Å². The predicted molar refractivity (Wildman–Crippen MR) is 43.6 cm³/mol. The highest BCUT2D eigenvalue weighted by atomic mass is 16.5. The summed E-state index contributed by atoms with van der Waals surface area (Å²) in [6.07, 6.45) is 6.23. The SMILES string of the molecule is O=CC(=O)OCC1CCCCC1. The molecule has 68 valence electrons. The average molecular weight is 170 g/mol. The summed E-state index contributed by atoms with van der Waals surface area (Å²) in [7, 11) is 0. The quantitative estimate of drug-likeness (QED) is 0.364. The molecular weight excluding hydrogens is 156 g/mol. The second-order valence-electron chi connectivity index (χ2n) is 3.25. The van der Waals surface area contributed by atoms with E-state index < -0.39 is 5.97 Å².